The SMILES string of the molecule is CO[C@@H]1C[C@H](O[C@H]2[C@@H](O)C[C@H](O[C@H]3[C@@H](O)C[C@H](O[C@H]4[C@@H](O)C[C@H](O[C@H]5CC[C@@]6(C)C(=CC[C@]7(O)[C@@H]6C[C@@H](O)[C@]6(C)[C@H](C(C)=O)CC[C@@]67O)C5)O[C@@H]4C)O[C@@H]3C)O[C@@H]2C)O[C@H](C)[C@H]1O[C@@H]1O[C@H](CO)[C@@H](O)[C@H](O)[C@H]1O. The fourth-order valence-electron chi connectivity index (χ4n) is 14.9. The van der Waals surface area contributed by atoms with Gasteiger partial charge in [-0.2, -0.15) is 0 Å². The molecule has 9 aliphatic rings. The molecule has 29 atom stereocenters. The Balaban J connectivity index is 0.727. The average molecular weight is 1060 g/mol. The molecule has 4 aliphatic carbocycles. The van der Waals surface area contributed by atoms with E-state index in [1.54, 1.807) is 34.6 Å². The fraction of sp³-hybridized carbons (Fsp3) is 0.942. The molecule has 5 heterocycles. The van der Waals surface area contributed by atoms with E-state index >= 15 is 0 Å². The first-order valence-electron chi connectivity index (χ1n) is 27.0. The van der Waals surface area contributed by atoms with Crippen LogP contribution in [0.25, 0.3) is 0 Å². The number of hydrogen-bond acceptors (Lipinski definition) is 22. The molecule has 0 aromatic carbocycles. The highest BCUT2D eigenvalue weighted by Crippen LogP contribution is 2.69. The topological polar surface area (TPSA) is 321 Å². The summed E-state index contributed by atoms with van der Waals surface area (Å²) in [4.78, 5) is 12.7. The summed E-state index contributed by atoms with van der Waals surface area (Å²) in [6.07, 6.45) is -16.5. The van der Waals surface area contributed by atoms with Gasteiger partial charge in [0.2, 0.25) is 0 Å². The van der Waals surface area contributed by atoms with Crippen LogP contribution < -0.4 is 0 Å². The second-order valence-electron chi connectivity index (χ2n) is 23.5. The van der Waals surface area contributed by atoms with Gasteiger partial charge >= 0.3 is 0 Å². The number of Topliss-reactive ketones (excluding diaryl/α,β-unsaturated/α-hetero) is 1. The first kappa shape index (κ1) is 57.3. The molecule has 10 N–H and O–H groups in total. The van der Waals surface area contributed by atoms with Gasteiger partial charge in [0, 0.05) is 50.0 Å². The standard InChI is InChI=1S/C52H84O22/c1-22(54)29-11-14-52(63)50(29,7)36(58)20-35-49(6)12-10-28(15-27(49)9-13-51(35,52)62)69-37-16-30(55)44(23(2)65-37)71-38-17-31(56)45(24(3)66-38)72-39-18-32(57)46(25(4)67-39)73-40-19-33(64-8)47(26(5)68-40)74-48-43(61)42(60)41(59)34(21-53)70-48/h9,23-26,28-48,53,55-63H,10-21H2,1-8H3/t23-,24-,25-,26-,28+,29+,30+,31+,32+,33-,34-,35-,36-,37+,38+,39+,40+,41-,42+,43-,44-,45-,46-,47-,48+,49+,50+,51+,52-/m1/s1. The molecule has 9 rings (SSSR count). The molecule has 5 aliphatic heterocycles. The van der Waals surface area contributed by atoms with Crippen LogP contribution in [-0.2, 0) is 56.9 Å². The van der Waals surface area contributed by atoms with Crippen molar-refractivity contribution in [3.8, 4) is 0 Å². The van der Waals surface area contributed by atoms with E-state index in [0.29, 0.717) is 25.7 Å². The van der Waals surface area contributed by atoms with Gasteiger partial charge in [0.1, 0.15) is 65.8 Å². The zero-order valence-corrected chi connectivity index (χ0v) is 43.9. The van der Waals surface area contributed by atoms with Gasteiger partial charge in [-0.3, -0.25) is 4.79 Å². The highest BCUT2D eigenvalue weighted by Gasteiger charge is 2.76. The van der Waals surface area contributed by atoms with Gasteiger partial charge in [0.05, 0.1) is 67.6 Å². The molecular weight excluding hydrogens is 977 g/mol. The molecule has 0 amide bonds. The second-order valence-corrected chi connectivity index (χ2v) is 23.5. The molecule has 22 nitrogen and oxygen atoms in total. The molecule has 22 heteroatoms. The summed E-state index contributed by atoms with van der Waals surface area (Å²) in [6, 6.07) is 0. The summed E-state index contributed by atoms with van der Waals surface area (Å²) in [5.74, 6) is -1.04. The van der Waals surface area contributed by atoms with E-state index in [9.17, 15) is 55.9 Å². The Morgan fingerprint density at radius 1 is 0.649 bits per heavy atom. The number of fused-ring (bicyclic) bond motifs is 5. The monoisotopic (exact) mass is 1060 g/mol. The molecule has 3 saturated carbocycles. The normalized spacial score (nSPS) is 54.9. The average Bonchev–Trinajstić information content (AvgIpc) is 3.65. The maximum atomic E-state index is 12.7. The van der Waals surface area contributed by atoms with Crippen molar-refractivity contribution in [3.63, 3.8) is 0 Å². The lowest BCUT2D eigenvalue weighted by molar-refractivity contribution is -0.357. The molecule has 0 spiro atoms. The predicted molar refractivity (Wildman–Crippen MR) is 253 cm³/mol. The molecule has 424 valence electrons. The Morgan fingerprint density at radius 2 is 1.16 bits per heavy atom. The highest BCUT2D eigenvalue weighted by atomic mass is 16.8. The Kier molecular flexibility index (Phi) is 16.9. The first-order valence-corrected chi connectivity index (χ1v) is 27.0. The van der Waals surface area contributed by atoms with Gasteiger partial charge < -0.3 is 103 Å². The van der Waals surface area contributed by atoms with Crippen molar-refractivity contribution >= 4 is 5.78 Å². The molecule has 0 unspecified atom stereocenters. The molecular formula is C52H84O22. The summed E-state index contributed by atoms with van der Waals surface area (Å²) in [5.41, 5.74) is -3.69. The van der Waals surface area contributed by atoms with E-state index < -0.39 is 176 Å². The van der Waals surface area contributed by atoms with E-state index in [-0.39, 0.29) is 56.8 Å². The lowest BCUT2D eigenvalue weighted by atomic mass is 9.43. The minimum absolute atomic E-state index is 0.00472. The Morgan fingerprint density at radius 3 is 1.66 bits per heavy atom. The van der Waals surface area contributed by atoms with Gasteiger partial charge in [-0.1, -0.05) is 25.5 Å². The van der Waals surface area contributed by atoms with Crippen LogP contribution in [0.3, 0.4) is 0 Å². The van der Waals surface area contributed by atoms with Crippen LogP contribution in [0.5, 0.6) is 0 Å². The van der Waals surface area contributed by atoms with Gasteiger partial charge in [-0.05, 0) is 85.0 Å². The van der Waals surface area contributed by atoms with Crippen LogP contribution >= 0.6 is 0 Å². The molecule has 0 aromatic rings. The molecule has 0 radical (unpaired) electrons. The van der Waals surface area contributed by atoms with Gasteiger partial charge in [-0.25, -0.2) is 0 Å². The van der Waals surface area contributed by atoms with Gasteiger partial charge in [0.25, 0.3) is 0 Å². The van der Waals surface area contributed by atoms with Crippen molar-refractivity contribution in [2.45, 2.75) is 272 Å². The van der Waals surface area contributed by atoms with Crippen molar-refractivity contribution < 1.29 is 108 Å². The molecule has 8 fully saturated rings. The Labute approximate surface area is 432 Å². The number of hydrogen-bond donors (Lipinski definition) is 10. The maximum Gasteiger partial charge on any atom is 0.187 e. The lowest BCUT2D eigenvalue weighted by Gasteiger charge is -2.66. The summed E-state index contributed by atoms with van der Waals surface area (Å²) in [7, 11) is 1.46. The van der Waals surface area contributed by atoms with Crippen LogP contribution in [0.2, 0.25) is 0 Å². The van der Waals surface area contributed by atoms with E-state index in [2.05, 4.69) is 6.92 Å². The number of ketones is 1. The second kappa shape index (κ2) is 21.9. The number of carbonyl (C=O) groups excluding carboxylic acids is 1. The van der Waals surface area contributed by atoms with Crippen LogP contribution in [-0.4, -0.2) is 223 Å². The largest absolute Gasteiger partial charge is 0.394 e. The highest BCUT2D eigenvalue weighted by molar-refractivity contribution is 5.80. The van der Waals surface area contributed by atoms with E-state index in [4.69, 9.17) is 52.1 Å². The third kappa shape index (κ3) is 10.0. The lowest BCUT2D eigenvalue weighted by Crippen LogP contribution is -2.75. The number of ether oxygens (including phenoxy) is 11. The third-order valence-electron chi connectivity index (χ3n) is 19.2. The number of aliphatic hydroxyl groups excluding tert-OH is 8. The van der Waals surface area contributed by atoms with Crippen molar-refractivity contribution in [2.24, 2.45) is 22.7 Å². The summed E-state index contributed by atoms with van der Waals surface area (Å²) < 4.78 is 67.3. The third-order valence-corrected chi connectivity index (χ3v) is 19.2. The van der Waals surface area contributed by atoms with E-state index in [1.165, 1.54) is 14.0 Å². The minimum Gasteiger partial charge on any atom is -0.394 e. The van der Waals surface area contributed by atoms with Gasteiger partial charge in [0.15, 0.2) is 31.5 Å². The fourth-order valence-corrected chi connectivity index (χ4v) is 14.9. The van der Waals surface area contributed by atoms with Gasteiger partial charge in [-0.15, -0.1) is 0 Å². The quantitative estimate of drug-likeness (QED) is 0.106. The molecule has 5 saturated heterocycles. The van der Waals surface area contributed by atoms with Crippen LogP contribution in [0, 0.1) is 22.7 Å². The van der Waals surface area contributed by atoms with Crippen molar-refractivity contribution in [2.75, 3.05) is 13.7 Å². The Bertz CT molecular complexity index is 1940. The zero-order chi connectivity index (χ0) is 53.6. The number of rotatable bonds is 13. The smallest absolute Gasteiger partial charge is 0.187 e. The maximum absolute atomic E-state index is 12.7. The summed E-state index contributed by atoms with van der Waals surface area (Å²) >= 11 is 0. The number of carbonyl (C=O) groups is 1. The van der Waals surface area contributed by atoms with Crippen LogP contribution in [0.15, 0.2) is 11.6 Å². The first-order chi connectivity index (χ1) is 34.9. The molecule has 0 aromatic heterocycles. The number of aliphatic hydroxyl groups is 10. The zero-order valence-electron chi connectivity index (χ0n) is 43.9. The van der Waals surface area contributed by atoms with E-state index in [0.717, 1.165) is 5.57 Å². The summed E-state index contributed by atoms with van der Waals surface area (Å²) in [5, 5.41) is 111. The van der Waals surface area contributed by atoms with Crippen LogP contribution in [0.4, 0.5) is 0 Å². The minimum atomic E-state index is -1.62. The Hall–Kier alpha value is -1.43. The number of methoxy groups -OCH3 is 1. The summed E-state index contributed by atoms with van der Waals surface area (Å²) in [6.45, 7) is 11.7. The van der Waals surface area contributed by atoms with Crippen molar-refractivity contribution in [1.82, 2.24) is 0 Å². The van der Waals surface area contributed by atoms with Crippen LogP contribution in [0.1, 0.15) is 119 Å². The molecule has 0 bridgehead atoms. The predicted octanol–water partition coefficient (Wildman–Crippen LogP) is -0.282. The van der Waals surface area contributed by atoms with Crippen molar-refractivity contribution in [1.29, 1.82) is 0 Å². The molecule has 74 heavy (non-hydrogen) atoms. The van der Waals surface area contributed by atoms with E-state index in [1.807, 2.05) is 6.08 Å². The van der Waals surface area contributed by atoms with Crippen molar-refractivity contribution in [3.05, 3.63) is 11.6 Å².